The molecule has 0 saturated heterocycles. The minimum absolute atomic E-state index is 0.0770. The van der Waals surface area contributed by atoms with Crippen LogP contribution in [0.5, 0.6) is 0 Å². The number of aromatic nitrogens is 2. The van der Waals surface area contributed by atoms with Crippen molar-refractivity contribution < 1.29 is 26.3 Å². The number of para-hydroxylation sites is 2. The third-order valence-electron chi connectivity index (χ3n) is 11.2. The molecule has 0 saturated carbocycles. The summed E-state index contributed by atoms with van der Waals surface area (Å²) in [5.41, 5.74) is 4.52. The molecule has 0 bridgehead atoms. The lowest BCUT2D eigenvalue weighted by Crippen LogP contribution is -2.11. The maximum atomic E-state index is 14.3. The molecule has 0 aliphatic heterocycles. The highest BCUT2D eigenvalue weighted by Crippen LogP contribution is 2.44. The molecule has 0 spiro atoms. The van der Waals surface area contributed by atoms with Crippen LogP contribution in [0.2, 0.25) is 0 Å². The molecule has 8 aromatic carbocycles. The molecule has 3 nitrogen and oxygen atoms in total. The van der Waals surface area contributed by atoms with Crippen LogP contribution in [-0.2, 0) is 12.4 Å². The van der Waals surface area contributed by atoms with Gasteiger partial charge in [-0.15, -0.1) is 0 Å². The number of hydrogen-bond acceptors (Lipinski definition) is 1. The van der Waals surface area contributed by atoms with Gasteiger partial charge < -0.3 is 9.13 Å². The molecule has 2 heterocycles. The Morgan fingerprint density at radius 3 is 1.23 bits per heavy atom. The summed E-state index contributed by atoms with van der Waals surface area (Å²) >= 11 is 0. The SMILES string of the molecule is N#Cc1cc(-n2c3ccccc3c3cc(-c4ccccc4)ccc32)c(-n2c3ccccc3c3cc(-c4ccccc4)ccc32)cc1-c1cc(C(F)(F)F)cc(C(F)(F)F)c1. The molecule has 0 N–H and O–H groups in total. The van der Waals surface area contributed by atoms with E-state index in [1.54, 1.807) is 12.1 Å². The van der Waals surface area contributed by atoms with Gasteiger partial charge in [-0.05, 0) is 94.5 Å². The van der Waals surface area contributed by atoms with Crippen LogP contribution in [0.3, 0.4) is 0 Å². The quantitative estimate of drug-likeness (QED) is 0.160. The van der Waals surface area contributed by atoms with Crippen molar-refractivity contribution in [2.75, 3.05) is 0 Å². The van der Waals surface area contributed by atoms with E-state index in [-0.39, 0.29) is 22.8 Å². The first-order valence-electron chi connectivity index (χ1n) is 19.0. The molecule has 0 amide bonds. The lowest BCUT2D eigenvalue weighted by molar-refractivity contribution is -0.143. The van der Waals surface area contributed by atoms with Crippen molar-refractivity contribution in [3.05, 3.63) is 193 Å². The van der Waals surface area contributed by atoms with Crippen LogP contribution >= 0.6 is 0 Å². The molecule has 0 unspecified atom stereocenters. The number of nitrogens with zero attached hydrogens (tertiary/aromatic N) is 3. The highest BCUT2D eigenvalue weighted by atomic mass is 19.4. The minimum atomic E-state index is -5.09. The van der Waals surface area contributed by atoms with Gasteiger partial charge in [-0.1, -0.05) is 109 Å². The summed E-state index contributed by atoms with van der Waals surface area (Å²) in [6, 6.07) is 54.3. The molecule has 290 valence electrons. The summed E-state index contributed by atoms with van der Waals surface area (Å²) in [5.74, 6) is 0. The molecule has 0 radical (unpaired) electrons. The molecule has 2 aromatic heterocycles. The summed E-state index contributed by atoms with van der Waals surface area (Å²) in [6.07, 6.45) is -10.2. The monoisotopic (exact) mass is 797 g/mol. The third-order valence-corrected chi connectivity index (χ3v) is 11.2. The first-order chi connectivity index (χ1) is 29.0. The van der Waals surface area contributed by atoms with Crippen LogP contribution in [-0.4, -0.2) is 9.13 Å². The van der Waals surface area contributed by atoms with E-state index in [2.05, 4.69) is 18.2 Å². The second-order valence-corrected chi connectivity index (χ2v) is 14.7. The van der Waals surface area contributed by atoms with E-state index >= 15 is 0 Å². The topological polar surface area (TPSA) is 33.6 Å². The fourth-order valence-electron chi connectivity index (χ4n) is 8.46. The standard InChI is InChI=1S/C51H29F6N3/c52-50(53,54)37-23-35(24-38(28-37)51(55,56)57)41-29-49(60-45-18-10-8-16-40(45)43-26-34(20-22-47(43)60)32-13-5-2-6-14-32)48(27-36(41)30-58)59-44-17-9-7-15-39(44)42-25-33(19-21-46(42)59)31-11-3-1-4-12-31/h1-29H. The van der Waals surface area contributed by atoms with E-state index < -0.39 is 23.5 Å². The van der Waals surface area contributed by atoms with Crippen molar-refractivity contribution in [1.82, 2.24) is 9.13 Å². The van der Waals surface area contributed by atoms with Crippen LogP contribution in [0.15, 0.2) is 176 Å². The summed E-state index contributed by atoms with van der Waals surface area (Å²) < 4.78 is 89.7. The maximum Gasteiger partial charge on any atom is 0.416 e. The van der Waals surface area contributed by atoms with E-state index in [9.17, 15) is 31.6 Å². The van der Waals surface area contributed by atoms with Crippen molar-refractivity contribution in [3.63, 3.8) is 0 Å². The van der Waals surface area contributed by atoms with E-state index in [1.165, 1.54) is 0 Å². The second kappa shape index (κ2) is 13.8. The molecule has 9 heteroatoms. The Hall–Kier alpha value is -7.57. The second-order valence-electron chi connectivity index (χ2n) is 14.7. The molecule has 0 aliphatic carbocycles. The number of nitriles is 1. The zero-order valence-corrected chi connectivity index (χ0v) is 31.4. The van der Waals surface area contributed by atoms with E-state index in [0.29, 0.717) is 23.5 Å². The summed E-state index contributed by atoms with van der Waals surface area (Å²) in [6.45, 7) is 0. The Morgan fingerprint density at radius 1 is 0.367 bits per heavy atom. The summed E-state index contributed by atoms with van der Waals surface area (Å²) in [4.78, 5) is 0. The predicted octanol–water partition coefficient (Wildman–Crippen LogP) is 14.8. The Kier molecular flexibility index (Phi) is 8.44. The van der Waals surface area contributed by atoms with Gasteiger partial charge in [0.1, 0.15) is 0 Å². The Labute approximate surface area is 339 Å². The molecule has 0 aliphatic rings. The van der Waals surface area contributed by atoms with Crippen LogP contribution in [0.25, 0.3) is 88.4 Å². The molecule has 0 atom stereocenters. The van der Waals surface area contributed by atoms with E-state index in [1.807, 2.05) is 143 Å². The highest BCUT2D eigenvalue weighted by molar-refractivity contribution is 6.13. The highest BCUT2D eigenvalue weighted by Gasteiger charge is 2.37. The van der Waals surface area contributed by atoms with Crippen LogP contribution < -0.4 is 0 Å². The predicted molar refractivity (Wildman–Crippen MR) is 226 cm³/mol. The molecule has 10 rings (SSSR count). The number of rotatable bonds is 5. The zero-order chi connectivity index (χ0) is 41.3. The largest absolute Gasteiger partial charge is 0.416 e. The van der Waals surface area contributed by atoms with Crippen LogP contribution in [0.4, 0.5) is 26.3 Å². The van der Waals surface area contributed by atoms with Gasteiger partial charge in [0.15, 0.2) is 0 Å². The molecule has 60 heavy (non-hydrogen) atoms. The fraction of sp³-hybridized carbons (Fsp3) is 0.0392. The van der Waals surface area contributed by atoms with Crippen molar-refractivity contribution in [2.45, 2.75) is 12.4 Å². The van der Waals surface area contributed by atoms with Gasteiger partial charge in [-0.3, -0.25) is 0 Å². The normalized spacial score (nSPS) is 12.2. The fourth-order valence-corrected chi connectivity index (χ4v) is 8.46. The van der Waals surface area contributed by atoms with Crippen molar-refractivity contribution in [3.8, 4) is 50.8 Å². The first kappa shape index (κ1) is 36.7. The number of halogens is 6. The molecular weight excluding hydrogens is 769 g/mol. The van der Waals surface area contributed by atoms with Gasteiger partial charge in [0.25, 0.3) is 0 Å². The zero-order valence-electron chi connectivity index (χ0n) is 31.4. The molecular formula is C51H29F6N3. The first-order valence-corrected chi connectivity index (χ1v) is 19.0. The average Bonchev–Trinajstić information content (AvgIpc) is 3.78. The molecule has 0 fully saturated rings. The lowest BCUT2D eigenvalue weighted by Gasteiger charge is -2.20. The van der Waals surface area contributed by atoms with Gasteiger partial charge >= 0.3 is 12.4 Å². The van der Waals surface area contributed by atoms with Crippen LogP contribution in [0, 0.1) is 11.3 Å². The van der Waals surface area contributed by atoms with Gasteiger partial charge in [-0.2, -0.15) is 31.6 Å². The van der Waals surface area contributed by atoms with Gasteiger partial charge in [0.2, 0.25) is 0 Å². The van der Waals surface area contributed by atoms with E-state index in [4.69, 9.17) is 0 Å². The number of fused-ring (bicyclic) bond motifs is 6. The van der Waals surface area contributed by atoms with Crippen molar-refractivity contribution in [1.29, 1.82) is 5.26 Å². The minimum Gasteiger partial charge on any atom is -0.307 e. The maximum absolute atomic E-state index is 14.3. The van der Waals surface area contributed by atoms with Crippen molar-refractivity contribution in [2.24, 2.45) is 0 Å². The number of benzene rings is 8. The Morgan fingerprint density at radius 2 is 0.783 bits per heavy atom. The Balaban J connectivity index is 1.34. The van der Waals surface area contributed by atoms with Gasteiger partial charge in [0.05, 0.1) is 56.2 Å². The Bertz CT molecular complexity index is 3320. The van der Waals surface area contributed by atoms with Crippen molar-refractivity contribution >= 4 is 43.6 Å². The van der Waals surface area contributed by atoms with Crippen LogP contribution in [0.1, 0.15) is 16.7 Å². The lowest BCUT2D eigenvalue weighted by atomic mass is 9.94. The number of alkyl halides is 6. The third kappa shape index (κ3) is 6.07. The molecule has 10 aromatic rings. The smallest absolute Gasteiger partial charge is 0.307 e. The van der Waals surface area contributed by atoms with Gasteiger partial charge in [0, 0.05) is 27.1 Å². The van der Waals surface area contributed by atoms with E-state index in [0.717, 1.165) is 65.9 Å². The number of hydrogen-bond donors (Lipinski definition) is 0. The van der Waals surface area contributed by atoms with Gasteiger partial charge in [-0.25, -0.2) is 0 Å². The summed E-state index contributed by atoms with van der Waals surface area (Å²) in [5, 5.41) is 14.4. The average molecular weight is 798 g/mol. The summed E-state index contributed by atoms with van der Waals surface area (Å²) in [7, 11) is 0.